The first kappa shape index (κ1) is 17.5. The number of nitrogens with zero attached hydrogens (tertiary/aromatic N) is 2. The minimum Gasteiger partial charge on any atom is -0.455 e. The summed E-state index contributed by atoms with van der Waals surface area (Å²) in [6, 6.07) is 5.28. The maximum atomic E-state index is 12.8. The van der Waals surface area contributed by atoms with Crippen LogP contribution in [0.15, 0.2) is 36.0 Å². The Morgan fingerprint density at radius 2 is 1.63 bits per heavy atom. The molecule has 3 aliphatic heterocycles. The van der Waals surface area contributed by atoms with Gasteiger partial charge in [0.05, 0.1) is 17.2 Å². The molecule has 1 aromatic rings. The molecule has 0 saturated carbocycles. The van der Waals surface area contributed by atoms with E-state index in [1.54, 1.807) is 51.1 Å². The molecule has 0 aliphatic carbocycles. The van der Waals surface area contributed by atoms with Crippen LogP contribution in [0.1, 0.15) is 54.3 Å². The smallest absolute Gasteiger partial charge is 0.355 e. The summed E-state index contributed by atoms with van der Waals surface area (Å²) in [6.45, 7) is 5.27. The maximum absolute atomic E-state index is 12.8. The number of allylic oxidation sites excluding steroid dienone is 1. The lowest BCUT2D eigenvalue weighted by molar-refractivity contribution is -0.163. The van der Waals surface area contributed by atoms with E-state index < -0.39 is 41.4 Å². The van der Waals surface area contributed by atoms with Crippen LogP contribution in [-0.2, 0) is 14.3 Å². The van der Waals surface area contributed by atoms with Gasteiger partial charge in [-0.15, -0.1) is 0 Å². The summed E-state index contributed by atoms with van der Waals surface area (Å²) < 4.78 is 5.38. The predicted molar refractivity (Wildman–Crippen MR) is 94.5 cm³/mol. The lowest BCUT2D eigenvalue weighted by atomic mass is 9.85. The van der Waals surface area contributed by atoms with E-state index in [0.717, 1.165) is 4.90 Å². The van der Waals surface area contributed by atoms with Crippen LogP contribution in [-0.4, -0.2) is 51.2 Å². The Labute approximate surface area is 156 Å². The van der Waals surface area contributed by atoms with Crippen LogP contribution in [0.5, 0.6) is 0 Å². The lowest BCUT2D eigenvalue weighted by Crippen LogP contribution is -2.72. The molecule has 27 heavy (non-hydrogen) atoms. The van der Waals surface area contributed by atoms with Crippen LogP contribution in [0.4, 0.5) is 0 Å². The van der Waals surface area contributed by atoms with Gasteiger partial charge in [-0.25, -0.2) is 4.79 Å². The van der Waals surface area contributed by atoms with Gasteiger partial charge in [-0.3, -0.25) is 24.2 Å². The van der Waals surface area contributed by atoms with E-state index in [0.29, 0.717) is 24.0 Å². The lowest BCUT2D eigenvalue weighted by Gasteiger charge is -2.51. The Morgan fingerprint density at radius 1 is 1.04 bits per heavy atom. The number of amides is 3. The molecular weight excluding hydrogens is 348 g/mol. The second-order valence-electron chi connectivity index (χ2n) is 7.91. The second-order valence-corrected chi connectivity index (χ2v) is 7.91. The molecule has 2 atom stereocenters. The number of β-lactam (4-membered cyclic amide) rings is 1. The van der Waals surface area contributed by atoms with Crippen molar-refractivity contribution >= 4 is 23.7 Å². The standard InChI is InChI=1S/C20H20N2O5/c1-20(2,3)27-19(26)14-10-6-9-13-15(18(25)21(13)14)22-16(23)11-7-4-5-8-12(11)17(22)24/h4-5,7-8,10,13,15H,6,9H2,1-3H3. The zero-order chi connectivity index (χ0) is 19.5. The summed E-state index contributed by atoms with van der Waals surface area (Å²) in [5.74, 6) is -1.91. The third-order valence-corrected chi connectivity index (χ3v) is 4.96. The molecule has 0 spiro atoms. The molecule has 1 fully saturated rings. The van der Waals surface area contributed by atoms with E-state index in [1.807, 2.05) is 0 Å². The van der Waals surface area contributed by atoms with E-state index in [2.05, 4.69) is 0 Å². The Hall–Kier alpha value is -2.96. The Morgan fingerprint density at radius 3 is 2.19 bits per heavy atom. The summed E-state index contributed by atoms with van der Waals surface area (Å²) in [5.41, 5.74) is 0.139. The van der Waals surface area contributed by atoms with Crippen molar-refractivity contribution in [1.29, 1.82) is 0 Å². The maximum Gasteiger partial charge on any atom is 0.355 e. The van der Waals surface area contributed by atoms with Crippen molar-refractivity contribution in [2.24, 2.45) is 0 Å². The molecule has 2 unspecified atom stereocenters. The van der Waals surface area contributed by atoms with Gasteiger partial charge in [0.15, 0.2) is 0 Å². The molecule has 3 heterocycles. The molecule has 0 aromatic heterocycles. The van der Waals surface area contributed by atoms with Gasteiger partial charge < -0.3 is 4.74 Å². The van der Waals surface area contributed by atoms with Crippen molar-refractivity contribution in [3.8, 4) is 0 Å². The highest BCUT2D eigenvalue weighted by atomic mass is 16.6. The number of hydrogen-bond donors (Lipinski definition) is 0. The molecule has 0 N–H and O–H groups in total. The summed E-state index contributed by atoms with van der Waals surface area (Å²) in [4.78, 5) is 53.1. The van der Waals surface area contributed by atoms with Crippen LogP contribution in [0.2, 0.25) is 0 Å². The molecule has 1 saturated heterocycles. The average Bonchev–Trinajstić information content (AvgIpc) is 2.85. The minimum atomic E-state index is -0.872. The molecule has 0 radical (unpaired) electrons. The SMILES string of the molecule is CC(C)(C)OC(=O)C1=CCCC2C(N3C(=O)c4ccccc4C3=O)C(=O)N12. The third kappa shape index (κ3) is 2.57. The molecule has 3 aliphatic rings. The molecular formula is C20H20N2O5. The predicted octanol–water partition coefficient (Wildman–Crippen LogP) is 1.88. The average molecular weight is 368 g/mol. The number of ether oxygens (including phenoxy) is 1. The quantitative estimate of drug-likeness (QED) is 0.452. The molecule has 4 rings (SSSR count). The van der Waals surface area contributed by atoms with Gasteiger partial charge in [0, 0.05) is 0 Å². The highest BCUT2D eigenvalue weighted by Crippen LogP contribution is 2.39. The summed E-state index contributed by atoms with van der Waals surface area (Å²) >= 11 is 0. The van der Waals surface area contributed by atoms with Crippen LogP contribution in [0, 0.1) is 0 Å². The monoisotopic (exact) mass is 368 g/mol. The number of fused-ring (bicyclic) bond motifs is 2. The number of hydrogen-bond acceptors (Lipinski definition) is 5. The topological polar surface area (TPSA) is 84.0 Å². The van der Waals surface area contributed by atoms with Crippen molar-refractivity contribution in [2.45, 2.75) is 51.3 Å². The number of carbonyl (C=O) groups is 4. The fraction of sp³-hybridized carbons (Fsp3) is 0.400. The molecule has 1 aromatic carbocycles. The van der Waals surface area contributed by atoms with E-state index in [4.69, 9.17) is 4.74 Å². The van der Waals surface area contributed by atoms with Crippen molar-refractivity contribution in [3.05, 3.63) is 47.2 Å². The number of benzene rings is 1. The Kier molecular flexibility index (Phi) is 3.73. The number of imide groups is 1. The van der Waals surface area contributed by atoms with Crippen LogP contribution < -0.4 is 0 Å². The third-order valence-electron chi connectivity index (χ3n) is 4.96. The first-order chi connectivity index (χ1) is 12.7. The highest BCUT2D eigenvalue weighted by Gasteiger charge is 2.58. The van der Waals surface area contributed by atoms with E-state index >= 15 is 0 Å². The first-order valence-electron chi connectivity index (χ1n) is 8.94. The number of carbonyl (C=O) groups excluding carboxylic acids is 4. The minimum absolute atomic E-state index is 0.194. The van der Waals surface area contributed by atoms with Crippen LogP contribution in [0.25, 0.3) is 0 Å². The molecule has 0 bridgehead atoms. The van der Waals surface area contributed by atoms with Crippen molar-refractivity contribution < 1.29 is 23.9 Å². The van der Waals surface area contributed by atoms with Gasteiger partial charge in [-0.1, -0.05) is 18.2 Å². The fourth-order valence-corrected chi connectivity index (χ4v) is 3.86. The van der Waals surface area contributed by atoms with Crippen molar-refractivity contribution in [3.63, 3.8) is 0 Å². The second kappa shape index (κ2) is 5.77. The molecule has 7 nitrogen and oxygen atoms in total. The number of esters is 1. The zero-order valence-corrected chi connectivity index (χ0v) is 15.4. The molecule has 3 amide bonds. The van der Waals surface area contributed by atoms with Gasteiger partial charge in [-0.2, -0.15) is 0 Å². The highest BCUT2D eigenvalue weighted by molar-refractivity contribution is 6.23. The summed E-state index contributed by atoms with van der Waals surface area (Å²) in [7, 11) is 0. The van der Waals surface area contributed by atoms with Crippen molar-refractivity contribution in [1.82, 2.24) is 9.80 Å². The van der Waals surface area contributed by atoms with Crippen LogP contribution >= 0.6 is 0 Å². The largest absolute Gasteiger partial charge is 0.455 e. The van der Waals surface area contributed by atoms with Gasteiger partial charge in [0.2, 0.25) is 0 Å². The zero-order valence-electron chi connectivity index (χ0n) is 15.4. The van der Waals surface area contributed by atoms with Crippen LogP contribution in [0.3, 0.4) is 0 Å². The molecule has 7 heteroatoms. The van der Waals surface area contributed by atoms with E-state index in [9.17, 15) is 19.2 Å². The molecule has 140 valence electrons. The fourth-order valence-electron chi connectivity index (χ4n) is 3.86. The normalized spacial score (nSPS) is 24.3. The Bertz CT molecular complexity index is 876. The van der Waals surface area contributed by atoms with Gasteiger partial charge >= 0.3 is 5.97 Å². The summed E-state index contributed by atoms with van der Waals surface area (Å²) in [5, 5.41) is 0. The van der Waals surface area contributed by atoms with Crippen molar-refractivity contribution in [2.75, 3.05) is 0 Å². The van der Waals surface area contributed by atoms with Gasteiger partial charge in [0.1, 0.15) is 17.3 Å². The van der Waals surface area contributed by atoms with Gasteiger partial charge in [0.25, 0.3) is 17.7 Å². The number of rotatable bonds is 2. The summed E-state index contributed by atoms with van der Waals surface area (Å²) in [6.07, 6.45) is 2.83. The van der Waals surface area contributed by atoms with E-state index in [-0.39, 0.29) is 5.70 Å². The van der Waals surface area contributed by atoms with E-state index in [1.165, 1.54) is 4.90 Å². The Balaban J connectivity index is 1.59. The first-order valence-corrected chi connectivity index (χ1v) is 8.94. The van der Waals surface area contributed by atoms with Gasteiger partial charge in [-0.05, 0) is 45.7 Å².